The maximum Gasteiger partial charge on any atom is 0.324 e. The third kappa shape index (κ3) is 4.89. The zero-order valence-corrected chi connectivity index (χ0v) is 17.0. The molecule has 1 unspecified atom stereocenters. The summed E-state index contributed by atoms with van der Waals surface area (Å²) in [7, 11) is 0. The molecule has 2 aliphatic rings. The molecule has 1 aliphatic heterocycles. The molecular formula is C22H32N2O3. The summed E-state index contributed by atoms with van der Waals surface area (Å²) in [6, 6.07) is 7.79. The van der Waals surface area contributed by atoms with Crippen molar-refractivity contribution < 1.29 is 14.3 Å². The van der Waals surface area contributed by atoms with E-state index in [9.17, 15) is 9.59 Å². The van der Waals surface area contributed by atoms with E-state index < -0.39 is 11.6 Å². The summed E-state index contributed by atoms with van der Waals surface area (Å²) in [4.78, 5) is 27.5. The number of carbonyl (C=O) groups excluding carboxylic acids is 2. The maximum atomic E-state index is 12.6. The summed E-state index contributed by atoms with van der Waals surface area (Å²) in [6.07, 6.45) is 4.71. The van der Waals surface area contributed by atoms with E-state index in [1.54, 1.807) is 0 Å². The van der Waals surface area contributed by atoms with E-state index >= 15 is 0 Å². The molecule has 1 heterocycles. The minimum absolute atomic E-state index is 0.136. The summed E-state index contributed by atoms with van der Waals surface area (Å²) < 4.78 is 5.61. The molecule has 1 aromatic rings. The molecule has 5 heteroatoms. The van der Waals surface area contributed by atoms with Crippen molar-refractivity contribution in [2.75, 3.05) is 11.9 Å². The second kappa shape index (κ2) is 8.01. The third-order valence-electron chi connectivity index (χ3n) is 5.65. The van der Waals surface area contributed by atoms with Crippen LogP contribution in [0.15, 0.2) is 24.3 Å². The van der Waals surface area contributed by atoms with Crippen LogP contribution < -0.4 is 5.32 Å². The third-order valence-corrected chi connectivity index (χ3v) is 5.65. The predicted molar refractivity (Wildman–Crippen MR) is 107 cm³/mol. The molecule has 0 spiro atoms. The molecule has 1 N–H and O–H groups in total. The average molecular weight is 373 g/mol. The number of hydrogen-bond acceptors (Lipinski definition) is 4. The van der Waals surface area contributed by atoms with Gasteiger partial charge in [0.1, 0.15) is 11.6 Å². The van der Waals surface area contributed by atoms with Crippen LogP contribution in [0.5, 0.6) is 0 Å². The van der Waals surface area contributed by atoms with E-state index in [4.69, 9.17) is 4.74 Å². The fourth-order valence-electron chi connectivity index (χ4n) is 4.22. The van der Waals surface area contributed by atoms with Crippen molar-refractivity contribution in [3.05, 3.63) is 29.8 Å². The number of nitrogens with zero attached hydrogens (tertiary/aromatic N) is 1. The van der Waals surface area contributed by atoms with Gasteiger partial charge in [-0.1, -0.05) is 38.8 Å². The van der Waals surface area contributed by atoms with Gasteiger partial charge in [0.2, 0.25) is 5.91 Å². The van der Waals surface area contributed by atoms with Crippen molar-refractivity contribution in [1.29, 1.82) is 0 Å². The van der Waals surface area contributed by atoms with Crippen LogP contribution in [0.4, 0.5) is 5.69 Å². The molecule has 1 saturated heterocycles. The first-order valence-electron chi connectivity index (χ1n) is 10.1. The van der Waals surface area contributed by atoms with Crippen LogP contribution >= 0.6 is 0 Å². The number of amides is 1. The van der Waals surface area contributed by atoms with Crippen molar-refractivity contribution >= 4 is 17.6 Å². The number of hydrogen-bond donors (Lipinski definition) is 1. The van der Waals surface area contributed by atoms with Gasteiger partial charge in [-0.2, -0.15) is 0 Å². The smallest absolute Gasteiger partial charge is 0.324 e. The zero-order valence-electron chi connectivity index (χ0n) is 17.0. The molecule has 0 aromatic heterocycles. The number of morpholine rings is 1. The van der Waals surface area contributed by atoms with Gasteiger partial charge in [-0.05, 0) is 50.3 Å². The van der Waals surface area contributed by atoms with E-state index in [0.717, 1.165) is 18.5 Å². The van der Waals surface area contributed by atoms with Crippen LogP contribution in [0.1, 0.15) is 71.3 Å². The summed E-state index contributed by atoms with van der Waals surface area (Å²) in [5.74, 6) is 0.0375. The number of cyclic esters (lactones) is 1. The predicted octanol–water partition coefficient (Wildman–Crippen LogP) is 4.09. The van der Waals surface area contributed by atoms with Crippen LogP contribution in [0, 0.1) is 0 Å². The fourth-order valence-corrected chi connectivity index (χ4v) is 4.22. The second-order valence-corrected chi connectivity index (χ2v) is 8.84. The highest BCUT2D eigenvalue weighted by molar-refractivity contribution is 5.94. The lowest BCUT2D eigenvalue weighted by molar-refractivity contribution is -0.181. The molecule has 0 radical (unpaired) electrons. The van der Waals surface area contributed by atoms with E-state index in [2.05, 4.69) is 24.1 Å². The van der Waals surface area contributed by atoms with Crippen molar-refractivity contribution in [3.8, 4) is 0 Å². The van der Waals surface area contributed by atoms with Gasteiger partial charge in [0.15, 0.2) is 0 Å². The lowest BCUT2D eigenvalue weighted by atomic mass is 9.98. The Hall–Kier alpha value is -1.88. The Morgan fingerprint density at radius 2 is 1.85 bits per heavy atom. The highest BCUT2D eigenvalue weighted by Gasteiger charge is 2.44. The van der Waals surface area contributed by atoms with Crippen LogP contribution in [0.2, 0.25) is 0 Å². The Kier molecular flexibility index (Phi) is 5.89. The maximum absolute atomic E-state index is 12.6. The summed E-state index contributed by atoms with van der Waals surface area (Å²) >= 11 is 0. The standard InChI is InChI=1S/C22H32N2O3/c1-15(2)16-9-11-17(12-10-16)23-20(25)13-19-21(26)27-22(3,4)14-24(19)18-7-5-6-8-18/h9-12,15,18-19H,5-8,13-14H2,1-4H3,(H,23,25). The summed E-state index contributed by atoms with van der Waals surface area (Å²) in [5, 5.41) is 2.93. The van der Waals surface area contributed by atoms with Crippen molar-refractivity contribution in [3.63, 3.8) is 0 Å². The van der Waals surface area contributed by atoms with Gasteiger partial charge in [0, 0.05) is 18.3 Å². The lowest BCUT2D eigenvalue weighted by Crippen LogP contribution is -2.60. The quantitative estimate of drug-likeness (QED) is 0.791. The molecule has 3 rings (SSSR count). The van der Waals surface area contributed by atoms with E-state index in [1.807, 2.05) is 38.1 Å². The molecule has 27 heavy (non-hydrogen) atoms. The Bertz CT molecular complexity index is 675. The second-order valence-electron chi connectivity index (χ2n) is 8.84. The molecule has 1 aliphatic carbocycles. The van der Waals surface area contributed by atoms with Gasteiger partial charge in [0.05, 0.1) is 6.42 Å². The number of ether oxygens (including phenoxy) is 1. The Morgan fingerprint density at radius 3 is 2.44 bits per heavy atom. The van der Waals surface area contributed by atoms with Gasteiger partial charge in [-0.15, -0.1) is 0 Å². The molecule has 1 amide bonds. The molecule has 2 fully saturated rings. The number of nitrogens with one attached hydrogen (secondary N) is 1. The first-order valence-corrected chi connectivity index (χ1v) is 10.1. The van der Waals surface area contributed by atoms with Gasteiger partial charge in [-0.25, -0.2) is 0 Å². The number of esters is 1. The van der Waals surface area contributed by atoms with E-state index in [0.29, 0.717) is 18.5 Å². The van der Waals surface area contributed by atoms with Gasteiger partial charge in [0.25, 0.3) is 0 Å². The number of benzene rings is 1. The Balaban J connectivity index is 1.67. The highest BCUT2D eigenvalue weighted by atomic mass is 16.6. The molecule has 1 atom stereocenters. The van der Waals surface area contributed by atoms with E-state index in [-0.39, 0.29) is 18.3 Å². The SMILES string of the molecule is CC(C)c1ccc(NC(=O)CC2C(=O)OC(C)(C)CN2C2CCCC2)cc1. The first-order chi connectivity index (χ1) is 12.7. The number of carbonyl (C=O) groups is 2. The van der Waals surface area contributed by atoms with Gasteiger partial charge >= 0.3 is 5.97 Å². The largest absolute Gasteiger partial charge is 0.457 e. The minimum atomic E-state index is -0.501. The minimum Gasteiger partial charge on any atom is -0.457 e. The van der Waals surface area contributed by atoms with Crippen molar-refractivity contribution in [2.45, 2.75) is 83.4 Å². The molecular weight excluding hydrogens is 340 g/mol. The van der Waals surface area contributed by atoms with Crippen LogP contribution in [-0.4, -0.2) is 41.0 Å². The summed E-state index contributed by atoms with van der Waals surface area (Å²) in [5.41, 5.74) is 1.50. The molecule has 0 bridgehead atoms. The Morgan fingerprint density at radius 1 is 1.22 bits per heavy atom. The summed E-state index contributed by atoms with van der Waals surface area (Å²) in [6.45, 7) is 8.85. The van der Waals surface area contributed by atoms with Crippen molar-refractivity contribution in [1.82, 2.24) is 4.90 Å². The van der Waals surface area contributed by atoms with E-state index in [1.165, 1.54) is 18.4 Å². The fraction of sp³-hybridized carbons (Fsp3) is 0.636. The first kappa shape index (κ1) is 19.9. The monoisotopic (exact) mass is 372 g/mol. The van der Waals surface area contributed by atoms with Crippen LogP contribution in [0.25, 0.3) is 0 Å². The molecule has 148 valence electrons. The molecule has 1 aromatic carbocycles. The normalized spacial score (nSPS) is 23.4. The molecule has 5 nitrogen and oxygen atoms in total. The zero-order chi connectivity index (χ0) is 19.6. The molecule has 1 saturated carbocycles. The number of anilines is 1. The van der Waals surface area contributed by atoms with Gasteiger partial charge < -0.3 is 10.1 Å². The van der Waals surface area contributed by atoms with Gasteiger partial charge in [-0.3, -0.25) is 14.5 Å². The van der Waals surface area contributed by atoms with Crippen LogP contribution in [0.3, 0.4) is 0 Å². The van der Waals surface area contributed by atoms with Crippen LogP contribution in [-0.2, 0) is 14.3 Å². The Labute approximate surface area is 162 Å². The van der Waals surface area contributed by atoms with Crippen molar-refractivity contribution in [2.24, 2.45) is 0 Å². The lowest BCUT2D eigenvalue weighted by Gasteiger charge is -2.45. The number of rotatable bonds is 5. The average Bonchev–Trinajstić information content (AvgIpc) is 3.11. The topological polar surface area (TPSA) is 58.6 Å². The highest BCUT2D eigenvalue weighted by Crippen LogP contribution is 2.32.